The van der Waals surface area contributed by atoms with E-state index in [1.165, 1.54) is 16.8 Å². The molecule has 1 N–H and O–H groups in total. The molecule has 2 aromatic rings. The highest BCUT2D eigenvalue weighted by atomic mass is 28.4. The van der Waals surface area contributed by atoms with E-state index in [0.717, 1.165) is 10.4 Å². The first-order chi connectivity index (χ1) is 18.9. The first kappa shape index (κ1) is 34.0. The number of likely N-dealkylation sites (N-methyl/N-ethyl adjacent to an activating group) is 2. The molecule has 0 saturated carbocycles. The number of carboxylic acid groups (broad SMARTS) is 1. The van der Waals surface area contributed by atoms with E-state index in [2.05, 4.69) is 45.0 Å². The molecule has 0 aliphatic heterocycles. The van der Waals surface area contributed by atoms with Gasteiger partial charge >= 0.3 is 12.1 Å². The second kappa shape index (κ2) is 13.7. The van der Waals surface area contributed by atoms with Crippen LogP contribution in [-0.2, 0) is 18.8 Å². The van der Waals surface area contributed by atoms with E-state index in [0.29, 0.717) is 0 Å². The van der Waals surface area contributed by atoms with Crippen LogP contribution in [0.3, 0.4) is 0 Å². The first-order valence-corrected chi connectivity index (χ1v) is 16.0. The van der Waals surface area contributed by atoms with Gasteiger partial charge in [0.15, 0.2) is 0 Å². The number of hydrogen-bond acceptors (Lipinski definition) is 5. The molecule has 0 aliphatic carbocycles. The molecular weight excluding hydrogens is 536 g/mol. The Morgan fingerprint density at radius 2 is 1.29 bits per heavy atom. The second-order valence-corrected chi connectivity index (χ2v) is 17.3. The van der Waals surface area contributed by atoms with Crippen molar-refractivity contribution in [3.8, 4) is 0 Å². The highest BCUT2D eigenvalue weighted by Gasteiger charge is 2.50. The number of hydrogen-bond donors (Lipinski definition) is 1. The van der Waals surface area contributed by atoms with Crippen LogP contribution in [-0.4, -0.2) is 79.6 Å². The molecule has 8 nitrogen and oxygen atoms in total. The number of ether oxygens (including phenoxy) is 1. The van der Waals surface area contributed by atoms with Gasteiger partial charge in [-0.1, -0.05) is 95.3 Å². The zero-order valence-corrected chi connectivity index (χ0v) is 27.3. The standard InChI is InChI=1S/C32H48N2O6Si/c1-23(2)28(29(36)37)34(10)27(35)21-24(33(9)30(38)40-31(3,4)5)22-39-41(32(6,7)8,25-17-13-11-14-18-25)26-19-15-12-16-20-26/h11-20,23-24,28H,21-22H2,1-10H3,(H,36,37)/t24-,28-/m0/s1. The Kier molecular flexibility index (Phi) is 11.3. The van der Waals surface area contributed by atoms with E-state index in [4.69, 9.17) is 9.16 Å². The lowest BCUT2D eigenvalue weighted by Crippen LogP contribution is -2.67. The fraction of sp³-hybridized carbons (Fsp3) is 0.531. The highest BCUT2D eigenvalue weighted by Crippen LogP contribution is 2.37. The molecule has 9 heteroatoms. The Labute approximate surface area is 246 Å². The number of nitrogens with zero attached hydrogens (tertiary/aromatic N) is 2. The Bertz CT molecular complexity index is 1120. The summed E-state index contributed by atoms with van der Waals surface area (Å²) in [6, 6.07) is 18.5. The number of rotatable bonds is 11. The van der Waals surface area contributed by atoms with Crippen molar-refractivity contribution in [2.45, 2.75) is 84.5 Å². The molecule has 2 amide bonds. The monoisotopic (exact) mass is 584 g/mol. The van der Waals surface area contributed by atoms with Crippen LogP contribution in [0, 0.1) is 5.92 Å². The van der Waals surface area contributed by atoms with E-state index in [1.54, 1.807) is 41.7 Å². The summed E-state index contributed by atoms with van der Waals surface area (Å²) < 4.78 is 12.7. The van der Waals surface area contributed by atoms with E-state index in [9.17, 15) is 19.5 Å². The molecule has 0 radical (unpaired) electrons. The van der Waals surface area contributed by atoms with Crippen molar-refractivity contribution in [2.24, 2.45) is 5.92 Å². The van der Waals surface area contributed by atoms with Gasteiger partial charge in [-0.15, -0.1) is 0 Å². The minimum absolute atomic E-state index is 0.0576. The molecule has 2 atom stereocenters. The summed E-state index contributed by atoms with van der Waals surface area (Å²) in [6.45, 7) is 15.4. The minimum atomic E-state index is -2.97. The Morgan fingerprint density at radius 1 is 0.829 bits per heavy atom. The summed E-state index contributed by atoms with van der Waals surface area (Å²) in [6.07, 6.45) is -0.705. The lowest BCUT2D eigenvalue weighted by atomic mass is 10.0. The first-order valence-electron chi connectivity index (χ1n) is 14.1. The number of carboxylic acids is 1. The van der Waals surface area contributed by atoms with Gasteiger partial charge in [0.1, 0.15) is 11.6 Å². The predicted octanol–water partition coefficient (Wildman–Crippen LogP) is 4.76. The third-order valence-electron chi connectivity index (χ3n) is 7.24. The van der Waals surface area contributed by atoms with Gasteiger partial charge in [0, 0.05) is 20.5 Å². The fourth-order valence-electron chi connectivity index (χ4n) is 5.17. The van der Waals surface area contributed by atoms with Crippen molar-refractivity contribution in [3.63, 3.8) is 0 Å². The Hall–Kier alpha value is -3.17. The van der Waals surface area contributed by atoms with Crippen molar-refractivity contribution < 1.29 is 28.7 Å². The van der Waals surface area contributed by atoms with Gasteiger partial charge in [0.05, 0.1) is 12.6 Å². The van der Waals surface area contributed by atoms with Gasteiger partial charge in [-0.2, -0.15) is 0 Å². The molecule has 0 bridgehead atoms. The van der Waals surface area contributed by atoms with Gasteiger partial charge < -0.3 is 24.1 Å². The van der Waals surface area contributed by atoms with Crippen molar-refractivity contribution in [1.82, 2.24) is 9.80 Å². The zero-order valence-electron chi connectivity index (χ0n) is 26.3. The zero-order chi connectivity index (χ0) is 31.2. The van der Waals surface area contributed by atoms with Gasteiger partial charge in [0.25, 0.3) is 8.32 Å². The van der Waals surface area contributed by atoms with Gasteiger partial charge in [-0.3, -0.25) is 4.79 Å². The molecule has 0 saturated heterocycles. The van der Waals surface area contributed by atoms with Gasteiger partial charge in [0.2, 0.25) is 5.91 Å². The maximum atomic E-state index is 13.5. The summed E-state index contributed by atoms with van der Waals surface area (Å²) in [7, 11) is 0.117. The Morgan fingerprint density at radius 3 is 1.66 bits per heavy atom. The average molecular weight is 585 g/mol. The molecule has 0 unspecified atom stereocenters. The third kappa shape index (κ3) is 8.42. The normalized spacial score (nSPS) is 13.8. The lowest BCUT2D eigenvalue weighted by molar-refractivity contribution is -0.151. The average Bonchev–Trinajstić information content (AvgIpc) is 2.86. The van der Waals surface area contributed by atoms with Gasteiger partial charge in [-0.25, -0.2) is 9.59 Å². The van der Waals surface area contributed by atoms with Gasteiger partial charge in [-0.05, 0) is 42.1 Å². The smallest absolute Gasteiger partial charge is 0.410 e. The summed E-state index contributed by atoms with van der Waals surface area (Å²) in [4.78, 5) is 41.3. The lowest BCUT2D eigenvalue weighted by Gasteiger charge is -2.44. The third-order valence-corrected chi connectivity index (χ3v) is 12.2. The topological polar surface area (TPSA) is 96.4 Å². The number of carbonyl (C=O) groups excluding carboxylic acids is 2. The Balaban J connectivity index is 2.57. The van der Waals surface area contributed by atoms with Crippen LogP contribution in [0.5, 0.6) is 0 Å². The number of aliphatic carboxylic acids is 1. The van der Waals surface area contributed by atoms with Crippen molar-refractivity contribution in [3.05, 3.63) is 60.7 Å². The molecule has 0 aliphatic rings. The molecule has 2 rings (SSSR count). The number of amides is 2. The maximum absolute atomic E-state index is 13.5. The van der Waals surface area contributed by atoms with E-state index in [1.807, 2.05) is 36.4 Å². The van der Waals surface area contributed by atoms with E-state index >= 15 is 0 Å². The van der Waals surface area contributed by atoms with Crippen molar-refractivity contribution >= 4 is 36.7 Å². The van der Waals surface area contributed by atoms with E-state index < -0.39 is 44.0 Å². The second-order valence-electron chi connectivity index (χ2n) is 13.0. The number of carbonyl (C=O) groups is 3. The molecular formula is C32H48N2O6Si. The SMILES string of the molecule is CC(C)[C@@H](C(=O)O)N(C)C(=O)C[C@@H](CO[Si](c1ccccc1)(c1ccccc1)C(C)(C)C)N(C)C(=O)OC(C)(C)C. The molecule has 0 fully saturated rings. The minimum Gasteiger partial charge on any atom is -0.480 e. The molecule has 0 spiro atoms. The maximum Gasteiger partial charge on any atom is 0.410 e. The van der Waals surface area contributed by atoms with Crippen LogP contribution >= 0.6 is 0 Å². The van der Waals surface area contributed by atoms with Crippen molar-refractivity contribution in [2.75, 3.05) is 20.7 Å². The van der Waals surface area contributed by atoms with Crippen LogP contribution in [0.1, 0.15) is 61.8 Å². The molecule has 41 heavy (non-hydrogen) atoms. The molecule has 2 aromatic carbocycles. The summed E-state index contributed by atoms with van der Waals surface area (Å²) in [5, 5.41) is 11.6. The van der Waals surface area contributed by atoms with Crippen LogP contribution in [0.25, 0.3) is 0 Å². The quantitative estimate of drug-likeness (QED) is 0.383. The molecule has 0 heterocycles. The van der Waals surface area contributed by atoms with Crippen LogP contribution in [0.15, 0.2) is 60.7 Å². The number of benzene rings is 2. The van der Waals surface area contributed by atoms with E-state index in [-0.39, 0.29) is 24.0 Å². The summed E-state index contributed by atoms with van der Waals surface area (Å²) >= 11 is 0. The molecule has 226 valence electrons. The van der Waals surface area contributed by atoms with Crippen LogP contribution in [0.4, 0.5) is 4.79 Å². The summed E-state index contributed by atoms with van der Waals surface area (Å²) in [5.41, 5.74) is -0.735. The van der Waals surface area contributed by atoms with Crippen molar-refractivity contribution in [1.29, 1.82) is 0 Å². The van der Waals surface area contributed by atoms with Crippen LogP contribution in [0.2, 0.25) is 5.04 Å². The predicted molar refractivity (Wildman–Crippen MR) is 165 cm³/mol. The summed E-state index contributed by atoms with van der Waals surface area (Å²) in [5.74, 6) is -1.76. The largest absolute Gasteiger partial charge is 0.480 e. The molecule has 0 aromatic heterocycles. The van der Waals surface area contributed by atoms with Crippen LogP contribution < -0.4 is 10.4 Å². The highest BCUT2D eigenvalue weighted by molar-refractivity contribution is 6.99. The fourth-order valence-corrected chi connectivity index (χ4v) is 9.77.